The van der Waals surface area contributed by atoms with E-state index < -0.39 is 15.9 Å². The molecule has 0 amide bonds. The van der Waals surface area contributed by atoms with Crippen molar-refractivity contribution in [3.8, 4) is 0 Å². The molecule has 34 heavy (non-hydrogen) atoms. The van der Waals surface area contributed by atoms with Crippen molar-refractivity contribution in [1.29, 1.82) is 0 Å². The lowest BCUT2D eigenvalue weighted by Gasteiger charge is -2.22. The summed E-state index contributed by atoms with van der Waals surface area (Å²) >= 11 is 3.31. The summed E-state index contributed by atoms with van der Waals surface area (Å²) in [7, 11) is -2.29. The second-order valence-corrected chi connectivity index (χ2v) is 11.9. The van der Waals surface area contributed by atoms with Gasteiger partial charge < -0.3 is 9.45 Å². The van der Waals surface area contributed by atoms with Crippen molar-refractivity contribution < 1.29 is 17.5 Å². The van der Waals surface area contributed by atoms with Crippen molar-refractivity contribution >= 4 is 76.7 Å². The van der Waals surface area contributed by atoms with E-state index in [9.17, 15) is 13.0 Å². The molecule has 0 saturated heterocycles. The Morgan fingerprint density at radius 3 is 2.38 bits per heavy atom. The smallest absolute Gasteiger partial charge is 0.265 e. The molecule has 0 fully saturated rings. The summed E-state index contributed by atoms with van der Waals surface area (Å²) < 4.78 is 37.9. The second-order valence-electron chi connectivity index (χ2n) is 8.26. The van der Waals surface area contributed by atoms with Crippen LogP contribution in [-0.2, 0) is 17.2 Å². The molecule has 8 heteroatoms. The van der Waals surface area contributed by atoms with E-state index in [0.29, 0.717) is 0 Å². The molecule has 0 bridgehead atoms. The van der Waals surface area contributed by atoms with Crippen LogP contribution in [0.3, 0.4) is 0 Å². The standard InChI is InChI=1S/C26H20N2O3S3/c1-27-23(32-21-12-10-17-6-2-4-8-19(17)25(21)27)16-24-28(14-15-34(29,30)31)26-20-9-5-3-7-18(20)11-13-22(26)33-24/h2-13,16H,14-15H2,1H3. The van der Waals surface area contributed by atoms with Gasteiger partial charge >= 0.3 is 0 Å². The molecule has 1 aromatic heterocycles. The van der Waals surface area contributed by atoms with E-state index in [1.807, 2.05) is 35.2 Å². The number of hydrogen-bond acceptors (Lipinski definition) is 6. The van der Waals surface area contributed by atoms with Gasteiger partial charge in [0, 0.05) is 16.8 Å². The first-order valence-electron chi connectivity index (χ1n) is 10.8. The Bertz CT molecular complexity index is 1740. The van der Waals surface area contributed by atoms with Gasteiger partial charge in [0.15, 0.2) is 0 Å². The fraction of sp³-hybridized carbons (Fsp3) is 0.115. The first-order chi connectivity index (χ1) is 16.4. The number of thiazole rings is 1. The third kappa shape index (κ3) is 3.67. The van der Waals surface area contributed by atoms with Crippen molar-refractivity contribution in [3.05, 3.63) is 82.8 Å². The number of aryl methyl sites for hydroxylation is 1. The van der Waals surface area contributed by atoms with Gasteiger partial charge in [-0.2, -0.15) is 4.57 Å². The highest BCUT2D eigenvalue weighted by atomic mass is 32.2. The molecule has 2 heterocycles. The van der Waals surface area contributed by atoms with Gasteiger partial charge in [0.1, 0.15) is 11.7 Å². The highest BCUT2D eigenvalue weighted by Crippen LogP contribution is 2.50. The van der Waals surface area contributed by atoms with Crippen LogP contribution in [0.25, 0.3) is 37.8 Å². The fourth-order valence-corrected chi connectivity index (χ4v) is 7.32. The molecule has 0 unspecified atom stereocenters. The van der Waals surface area contributed by atoms with Crippen LogP contribution in [0.4, 0.5) is 5.69 Å². The number of aromatic nitrogens is 1. The Morgan fingerprint density at radius 1 is 0.941 bits per heavy atom. The molecule has 0 spiro atoms. The lowest BCUT2D eigenvalue weighted by Crippen LogP contribution is -2.30. The van der Waals surface area contributed by atoms with Crippen molar-refractivity contribution in [2.24, 2.45) is 7.05 Å². The maximum atomic E-state index is 11.5. The highest BCUT2D eigenvalue weighted by Gasteiger charge is 2.29. The van der Waals surface area contributed by atoms with E-state index in [-0.39, 0.29) is 6.54 Å². The molecule has 5 aromatic rings. The van der Waals surface area contributed by atoms with E-state index in [0.717, 1.165) is 31.4 Å². The topological polar surface area (TPSA) is 64.3 Å². The quantitative estimate of drug-likeness (QED) is 0.239. The molecule has 0 saturated carbocycles. The van der Waals surface area contributed by atoms with Crippen LogP contribution >= 0.6 is 23.1 Å². The van der Waals surface area contributed by atoms with Gasteiger partial charge in [0.05, 0.1) is 38.0 Å². The molecule has 1 aliphatic heterocycles. The SMILES string of the molecule is C[n+]1c(C=C2Sc3ccc4ccccc4c3N2CCS(=O)(=O)[O-])sc2ccc3ccccc3c21. The lowest BCUT2D eigenvalue weighted by atomic mass is 10.1. The van der Waals surface area contributed by atoms with Gasteiger partial charge in [0.25, 0.3) is 5.01 Å². The molecule has 0 radical (unpaired) electrons. The van der Waals surface area contributed by atoms with E-state index >= 15 is 0 Å². The summed E-state index contributed by atoms with van der Waals surface area (Å²) in [6.45, 7) is 0.114. The zero-order valence-corrected chi connectivity index (χ0v) is 20.7. The summed E-state index contributed by atoms with van der Waals surface area (Å²) in [6.07, 6.45) is 2.11. The zero-order chi connectivity index (χ0) is 23.4. The van der Waals surface area contributed by atoms with Crippen LogP contribution in [0.1, 0.15) is 5.01 Å². The van der Waals surface area contributed by atoms with Crippen molar-refractivity contribution in [2.75, 3.05) is 17.2 Å². The Balaban J connectivity index is 1.52. The van der Waals surface area contributed by atoms with Crippen LogP contribution in [-0.4, -0.2) is 25.3 Å². The van der Waals surface area contributed by atoms with Crippen LogP contribution in [0, 0.1) is 0 Å². The first-order valence-corrected chi connectivity index (χ1v) is 14.0. The predicted octanol–water partition coefficient (Wildman–Crippen LogP) is 5.49. The maximum Gasteiger partial charge on any atom is 0.265 e. The molecule has 0 atom stereocenters. The van der Waals surface area contributed by atoms with E-state index in [2.05, 4.69) is 60.2 Å². The van der Waals surface area contributed by atoms with E-state index in [1.54, 1.807) is 23.1 Å². The molecule has 6 rings (SSSR count). The van der Waals surface area contributed by atoms with Crippen LogP contribution in [0.15, 0.2) is 82.7 Å². The minimum Gasteiger partial charge on any atom is -0.748 e. The monoisotopic (exact) mass is 504 g/mol. The van der Waals surface area contributed by atoms with Crippen molar-refractivity contribution in [1.82, 2.24) is 0 Å². The van der Waals surface area contributed by atoms with E-state index in [1.165, 1.54) is 21.0 Å². The summed E-state index contributed by atoms with van der Waals surface area (Å²) in [6, 6.07) is 24.8. The Morgan fingerprint density at radius 2 is 1.62 bits per heavy atom. The van der Waals surface area contributed by atoms with Crippen LogP contribution < -0.4 is 9.47 Å². The highest BCUT2D eigenvalue weighted by molar-refractivity contribution is 8.04. The fourth-order valence-electron chi connectivity index (χ4n) is 4.59. The number of anilines is 1. The summed E-state index contributed by atoms with van der Waals surface area (Å²) in [5.41, 5.74) is 2.14. The maximum absolute atomic E-state index is 11.5. The third-order valence-corrected chi connectivity index (χ3v) is 9.10. The molecule has 4 aromatic carbocycles. The normalized spacial score (nSPS) is 15.1. The first kappa shape index (κ1) is 21.6. The number of fused-ring (bicyclic) bond motifs is 6. The van der Waals surface area contributed by atoms with Crippen molar-refractivity contribution in [3.63, 3.8) is 0 Å². The van der Waals surface area contributed by atoms with Gasteiger partial charge in [-0.15, -0.1) is 0 Å². The Hall–Kier alpha value is -2.91. The largest absolute Gasteiger partial charge is 0.748 e. The van der Waals surface area contributed by atoms with Gasteiger partial charge in [-0.25, -0.2) is 8.42 Å². The average Bonchev–Trinajstić information content (AvgIpc) is 3.34. The minimum atomic E-state index is -4.35. The van der Waals surface area contributed by atoms with Crippen LogP contribution in [0.5, 0.6) is 0 Å². The zero-order valence-electron chi connectivity index (χ0n) is 18.3. The van der Waals surface area contributed by atoms with Gasteiger partial charge in [0.2, 0.25) is 5.52 Å². The average molecular weight is 505 g/mol. The molecule has 0 aliphatic carbocycles. The molecule has 1 aliphatic rings. The van der Waals surface area contributed by atoms with Crippen LogP contribution in [0.2, 0.25) is 0 Å². The van der Waals surface area contributed by atoms with Gasteiger partial charge in [-0.1, -0.05) is 77.7 Å². The Labute approximate surface area is 205 Å². The predicted molar refractivity (Wildman–Crippen MR) is 140 cm³/mol. The molecular formula is C26H20N2O3S3. The summed E-state index contributed by atoms with van der Waals surface area (Å²) in [4.78, 5) is 3.04. The van der Waals surface area contributed by atoms with Gasteiger partial charge in [-0.3, -0.25) is 0 Å². The Kier molecular flexibility index (Phi) is 5.14. The molecule has 5 nitrogen and oxygen atoms in total. The second kappa shape index (κ2) is 8.09. The number of hydrogen-bond donors (Lipinski definition) is 0. The lowest BCUT2D eigenvalue weighted by molar-refractivity contribution is -0.641. The van der Waals surface area contributed by atoms with Crippen molar-refractivity contribution in [2.45, 2.75) is 4.90 Å². The number of benzene rings is 4. The molecule has 0 N–H and O–H groups in total. The van der Waals surface area contributed by atoms with Gasteiger partial charge in [-0.05, 0) is 29.0 Å². The molecule has 170 valence electrons. The minimum absolute atomic E-state index is 0.114. The summed E-state index contributed by atoms with van der Waals surface area (Å²) in [5.74, 6) is -0.448. The number of nitrogens with zero attached hydrogens (tertiary/aromatic N) is 2. The summed E-state index contributed by atoms with van der Waals surface area (Å²) in [5, 5.41) is 6.50. The number of thioether (sulfide) groups is 1. The number of rotatable bonds is 4. The molecular weight excluding hydrogens is 484 g/mol. The van der Waals surface area contributed by atoms with E-state index in [4.69, 9.17) is 0 Å². The third-order valence-electron chi connectivity index (χ3n) is 6.17.